The monoisotopic (exact) mass is 422 g/mol. The molecule has 160 valence electrons. The van der Waals surface area contributed by atoms with E-state index in [1.807, 2.05) is 35.0 Å². The normalized spacial score (nSPS) is 23.7. The highest BCUT2D eigenvalue weighted by Gasteiger charge is 2.42. The summed E-state index contributed by atoms with van der Waals surface area (Å²) in [4.78, 5) is 12.4. The topological polar surface area (TPSA) is 136 Å². The quantitative estimate of drug-likeness (QED) is 0.396. The van der Waals surface area contributed by atoms with Gasteiger partial charge in [-0.25, -0.2) is 19.3 Å². The lowest BCUT2D eigenvalue weighted by atomic mass is 9.95. The number of halogens is 1. The Morgan fingerprint density at radius 1 is 1.06 bits per heavy atom. The summed E-state index contributed by atoms with van der Waals surface area (Å²) >= 11 is 0. The number of aromatic nitrogens is 4. The van der Waals surface area contributed by atoms with E-state index in [-0.39, 0.29) is 17.8 Å². The van der Waals surface area contributed by atoms with Crippen molar-refractivity contribution in [1.82, 2.24) is 19.5 Å². The Bertz CT molecular complexity index is 1280. The number of hydrogen-bond acceptors (Lipinski definition) is 7. The Labute approximate surface area is 177 Å². The molecule has 8 nitrogen and oxygen atoms in total. The molecule has 9 heteroatoms. The average molecular weight is 422 g/mol. The molecule has 1 fully saturated rings. The molecule has 3 aromatic heterocycles. The van der Waals surface area contributed by atoms with E-state index in [1.54, 1.807) is 0 Å². The molecule has 0 radical (unpaired) electrons. The zero-order valence-electron chi connectivity index (χ0n) is 16.7. The Kier molecular flexibility index (Phi) is 4.71. The predicted molar refractivity (Wildman–Crippen MR) is 116 cm³/mol. The lowest BCUT2D eigenvalue weighted by Gasteiger charge is -2.19. The van der Waals surface area contributed by atoms with E-state index in [2.05, 4.69) is 15.0 Å². The number of aliphatic hydroxyl groups is 2. The van der Waals surface area contributed by atoms with E-state index in [9.17, 15) is 14.6 Å². The van der Waals surface area contributed by atoms with Gasteiger partial charge in [0, 0.05) is 11.6 Å². The van der Waals surface area contributed by atoms with Crippen LogP contribution >= 0.6 is 0 Å². The molecule has 0 amide bonds. The van der Waals surface area contributed by atoms with Crippen LogP contribution in [0.4, 0.5) is 16.0 Å². The first kappa shape index (κ1) is 19.7. The van der Waals surface area contributed by atoms with Crippen LogP contribution in [-0.4, -0.2) is 41.9 Å². The maximum atomic E-state index is 13.6. The second kappa shape index (κ2) is 7.44. The lowest BCUT2D eigenvalue weighted by Crippen LogP contribution is -2.29. The molecule has 0 unspecified atom stereocenters. The van der Waals surface area contributed by atoms with Gasteiger partial charge in [0.1, 0.15) is 23.9 Å². The molecule has 0 aliphatic heterocycles. The van der Waals surface area contributed by atoms with Gasteiger partial charge in [-0.15, -0.1) is 0 Å². The number of aryl methyl sites for hydroxylation is 1. The summed E-state index contributed by atoms with van der Waals surface area (Å²) < 4.78 is 15.5. The third-order valence-corrected chi connectivity index (χ3v) is 6.34. The zero-order chi connectivity index (χ0) is 21.7. The van der Waals surface area contributed by atoms with Crippen molar-refractivity contribution in [1.29, 1.82) is 0 Å². The van der Waals surface area contributed by atoms with Crippen LogP contribution in [0, 0.1) is 11.7 Å². The number of nitrogens with zero attached hydrogens (tertiary/aromatic N) is 4. The summed E-state index contributed by atoms with van der Waals surface area (Å²) in [6, 6.07) is 8.54. The van der Waals surface area contributed by atoms with Crippen molar-refractivity contribution < 1.29 is 14.6 Å². The Hall–Kier alpha value is -3.30. The summed E-state index contributed by atoms with van der Waals surface area (Å²) in [5, 5.41) is 22.8. The Morgan fingerprint density at radius 2 is 1.90 bits per heavy atom. The van der Waals surface area contributed by atoms with E-state index in [0.717, 1.165) is 10.9 Å². The Balaban J connectivity index is 1.34. The molecule has 0 spiro atoms. The second-order valence-electron chi connectivity index (χ2n) is 8.18. The van der Waals surface area contributed by atoms with Crippen molar-refractivity contribution >= 4 is 33.6 Å². The van der Waals surface area contributed by atoms with Crippen LogP contribution in [-0.2, 0) is 6.42 Å². The molecule has 4 atom stereocenters. The summed E-state index contributed by atoms with van der Waals surface area (Å²) in [7, 11) is 0. The van der Waals surface area contributed by atoms with Crippen molar-refractivity contribution in [3.63, 3.8) is 0 Å². The van der Waals surface area contributed by atoms with Gasteiger partial charge < -0.3 is 26.2 Å². The Morgan fingerprint density at radius 3 is 2.74 bits per heavy atom. The van der Waals surface area contributed by atoms with Crippen LogP contribution in [0.25, 0.3) is 21.9 Å². The van der Waals surface area contributed by atoms with Crippen molar-refractivity contribution in [2.75, 3.05) is 11.5 Å². The van der Waals surface area contributed by atoms with Crippen LogP contribution < -0.4 is 11.5 Å². The molecule has 6 N–H and O–H groups in total. The molecule has 0 bridgehead atoms. The number of pyridine rings is 1. The van der Waals surface area contributed by atoms with Gasteiger partial charge in [0.2, 0.25) is 0 Å². The van der Waals surface area contributed by atoms with Gasteiger partial charge >= 0.3 is 0 Å². The number of hydrogen-bond donors (Lipinski definition) is 4. The first-order valence-electron chi connectivity index (χ1n) is 10.2. The molecule has 1 aliphatic rings. The minimum Gasteiger partial charge on any atom is -0.390 e. The highest BCUT2D eigenvalue weighted by atomic mass is 19.1. The highest BCUT2D eigenvalue weighted by molar-refractivity contribution is 5.86. The number of rotatable bonds is 4. The smallest absolute Gasteiger partial charge is 0.165 e. The average Bonchev–Trinajstić information content (AvgIpc) is 3.30. The van der Waals surface area contributed by atoms with Crippen LogP contribution in [0.5, 0.6) is 0 Å². The predicted octanol–water partition coefficient (Wildman–Crippen LogP) is 2.20. The first-order valence-corrected chi connectivity index (χ1v) is 10.2. The minimum absolute atomic E-state index is 0.0847. The number of nitrogen functional groups attached to an aromatic ring is 2. The summed E-state index contributed by atoms with van der Waals surface area (Å²) in [5.41, 5.74) is 13.8. The fourth-order valence-corrected chi connectivity index (χ4v) is 4.63. The molecule has 4 aromatic rings. The minimum atomic E-state index is -0.905. The van der Waals surface area contributed by atoms with Gasteiger partial charge in [0.15, 0.2) is 11.6 Å². The fraction of sp³-hybridized carbons (Fsp3) is 0.318. The summed E-state index contributed by atoms with van der Waals surface area (Å²) in [6.45, 7) is 0. The molecular formula is C22H23FN6O2. The van der Waals surface area contributed by atoms with Crippen LogP contribution in [0.2, 0.25) is 0 Å². The van der Waals surface area contributed by atoms with E-state index < -0.39 is 18.0 Å². The van der Waals surface area contributed by atoms with Crippen molar-refractivity contribution in [2.45, 2.75) is 37.5 Å². The maximum absolute atomic E-state index is 13.6. The van der Waals surface area contributed by atoms with Crippen molar-refractivity contribution in [2.24, 2.45) is 5.92 Å². The number of nitrogens with two attached hydrogens (primary N) is 2. The molecular weight excluding hydrogens is 399 g/mol. The van der Waals surface area contributed by atoms with Gasteiger partial charge in [-0.05, 0) is 48.9 Å². The van der Waals surface area contributed by atoms with Gasteiger partial charge in [-0.2, -0.15) is 0 Å². The van der Waals surface area contributed by atoms with Crippen LogP contribution in [0.3, 0.4) is 0 Å². The summed E-state index contributed by atoms with van der Waals surface area (Å²) in [5.74, 6) is -0.346. The molecule has 1 aromatic carbocycles. The van der Waals surface area contributed by atoms with E-state index in [4.69, 9.17) is 11.5 Å². The third kappa shape index (κ3) is 3.35. The van der Waals surface area contributed by atoms with E-state index in [1.165, 1.54) is 12.4 Å². The molecule has 3 heterocycles. The van der Waals surface area contributed by atoms with Crippen LogP contribution in [0.1, 0.15) is 24.4 Å². The molecule has 5 rings (SSSR count). The fourth-order valence-electron chi connectivity index (χ4n) is 4.63. The van der Waals surface area contributed by atoms with Crippen LogP contribution in [0.15, 0.2) is 42.9 Å². The number of aliphatic hydroxyl groups excluding tert-OH is 2. The molecule has 1 aliphatic carbocycles. The van der Waals surface area contributed by atoms with Gasteiger partial charge in [0.05, 0.1) is 23.0 Å². The van der Waals surface area contributed by atoms with Crippen molar-refractivity contribution in [3.8, 4) is 0 Å². The van der Waals surface area contributed by atoms with Gasteiger partial charge in [-0.1, -0.05) is 12.1 Å². The number of fused-ring (bicyclic) bond motifs is 2. The molecule has 31 heavy (non-hydrogen) atoms. The number of benzene rings is 1. The molecule has 1 saturated carbocycles. The summed E-state index contributed by atoms with van der Waals surface area (Å²) in [6.07, 6.45) is 3.47. The van der Waals surface area contributed by atoms with E-state index >= 15 is 0 Å². The number of anilines is 2. The SMILES string of the molecule is Nc1nc2cc(CC[C@H]3C[C@@H](n4ccc5c(N)ncnc54)[C@H](O)[C@@H]3O)ccc2cc1F. The highest BCUT2D eigenvalue weighted by Crippen LogP contribution is 2.39. The standard InChI is InChI=1S/C22H23FN6O2/c23-15-8-12-3-1-11(7-16(12)28-21(15)25)2-4-13-9-17(19(31)18(13)30)29-6-5-14-20(24)26-10-27-22(14)29/h1,3,5-8,10,13,17-19,30-31H,2,4,9H2,(H2,25,28)(H2,24,26,27)/t13-,17+,18+,19-/m0/s1. The molecule has 0 saturated heterocycles. The maximum Gasteiger partial charge on any atom is 0.165 e. The van der Waals surface area contributed by atoms with E-state index in [0.29, 0.717) is 41.6 Å². The zero-order valence-corrected chi connectivity index (χ0v) is 16.7. The van der Waals surface area contributed by atoms with Crippen molar-refractivity contribution in [3.05, 3.63) is 54.2 Å². The van der Waals surface area contributed by atoms with Gasteiger partial charge in [-0.3, -0.25) is 0 Å². The second-order valence-corrected chi connectivity index (χ2v) is 8.18. The first-order chi connectivity index (χ1) is 14.9. The third-order valence-electron chi connectivity index (χ3n) is 6.34. The van der Waals surface area contributed by atoms with Gasteiger partial charge in [0.25, 0.3) is 0 Å². The largest absolute Gasteiger partial charge is 0.390 e. The lowest BCUT2D eigenvalue weighted by molar-refractivity contribution is 0.00545.